The maximum atomic E-state index is 15.0. The molecule has 1 aliphatic carbocycles. The van der Waals surface area contributed by atoms with Gasteiger partial charge in [-0.25, -0.2) is 22.0 Å². The number of carbonyl (C=O) groups excluding carboxylic acids is 3. The van der Waals surface area contributed by atoms with E-state index in [0.29, 0.717) is 24.6 Å². The minimum Gasteiger partial charge on any atom is -0.453 e. The molecule has 8 rings (SSSR count). The molecule has 5 aliphatic heterocycles. The number of amides is 3. The third-order valence-electron chi connectivity index (χ3n) is 15.1. The molecule has 0 radical (unpaired) electrons. The van der Waals surface area contributed by atoms with Crippen LogP contribution in [0.3, 0.4) is 0 Å². The van der Waals surface area contributed by atoms with E-state index in [9.17, 15) is 27.2 Å². The number of sulfone groups is 1. The lowest BCUT2D eigenvalue weighted by atomic mass is 9.58. The topological polar surface area (TPSA) is 135 Å². The van der Waals surface area contributed by atoms with Crippen LogP contribution in [0.1, 0.15) is 69.4 Å². The number of nitrogens with zero attached hydrogens (tertiary/aromatic N) is 5. The van der Waals surface area contributed by atoms with Crippen LogP contribution < -0.4 is 15.5 Å². The standard InChI is InChI=1S/C48H67F2N7O6S/c1-34(58)51-33-48(38-9-6-10-39(49)24-38,43-11-7-12-44(43)52-47(60)63-2)37-16-21-54(22-17-37)25-35-26-56(27-35)41-14-15-45(36(23-41)28-55-29-40(50)30-55)64(61,62)42-31-57(32-42)46(59)13-8-20-53-18-4-3-5-19-53/h6,8-10,13-15,23-24,35,37,40,42-44H,3-5,7,11-12,16-22,25-33H2,1-2H3,(H,51,58)(H,52,60)/b13-8+/t43-,44-,48-/m0/s1. The van der Waals surface area contributed by atoms with Crippen LogP contribution in [0.2, 0.25) is 0 Å². The van der Waals surface area contributed by atoms with Gasteiger partial charge in [0.1, 0.15) is 17.2 Å². The predicted molar refractivity (Wildman–Crippen MR) is 242 cm³/mol. The average Bonchev–Trinajstić information content (AvgIpc) is 3.69. The first kappa shape index (κ1) is 46.4. The van der Waals surface area contributed by atoms with Crippen molar-refractivity contribution in [2.24, 2.45) is 17.8 Å². The number of carbonyl (C=O) groups is 3. The molecule has 5 saturated heterocycles. The lowest BCUT2D eigenvalue weighted by Gasteiger charge is -2.51. The Hall–Kier alpha value is -4.12. The van der Waals surface area contributed by atoms with Crippen LogP contribution in [-0.2, 0) is 36.1 Å². The fourth-order valence-electron chi connectivity index (χ4n) is 11.6. The summed E-state index contributed by atoms with van der Waals surface area (Å²) in [5.41, 5.74) is 1.88. The summed E-state index contributed by atoms with van der Waals surface area (Å²) in [6, 6.07) is 12.2. The minimum atomic E-state index is -3.74. The highest BCUT2D eigenvalue weighted by Crippen LogP contribution is 2.50. The predicted octanol–water partition coefficient (Wildman–Crippen LogP) is 4.75. The number of ether oxygens (including phenoxy) is 1. The smallest absolute Gasteiger partial charge is 0.407 e. The number of anilines is 1. The molecular formula is C48H67F2N7O6S. The number of piperidine rings is 2. The molecule has 64 heavy (non-hydrogen) atoms. The lowest BCUT2D eigenvalue weighted by Crippen LogP contribution is -2.58. The number of benzene rings is 2. The second-order valence-electron chi connectivity index (χ2n) is 19.3. The van der Waals surface area contributed by atoms with Crippen LogP contribution in [0.15, 0.2) is 59.5 Å². The summed E-state index contributed by atoms with van der Waals surface area (Å²) in [6.07, 6.45) is 9.90. The average molecular weight is 908 g/mol. The van der Waals surface area contributed by atoms with Crippen molar-refractivity contribution < 1.29 is 36.3 Å². The summed E-state index contributed by atoms with van der Waals surface area (Å²) in [5.74, 6) is -0.121. The van der Waals surface area contributed by atoms with E-state index in [1.807, 2.05) is 29.2 Å². The van der Waals surface area contributed by atoms with Gasteiger partial charge in [-0.3, -0.25) is 19.4 Å². The van der Waals surface area contributed by atoms with E-state index >= 15 is 4.39 Å². The van der Waals surface area contributed by atoms with Crippen LogP contribution >= 0.6 is 0 Å². The van der Waals surface area contributed by atoms with Crippen molar-refractivity contribution in [3.63, 3.8) is 0 Å². The SMILES string of the molecule is COC(=O)N[C@H]1CCC[C@@H]1[C@](CNC(C)=O)(c1cccc(F)c1)C1CCN(CC2CN(c3ccc(S(=O)(=O)C4CN(C(=O)/C=C/CN5CCCCC5)C4)c(CN4CC(F)C4)c3)C2)CC1. The third kappa shape index (κ3) is 10.3. The molecule has 1 saturated carbocycles. The number of alkyl halides is 1. The van der Waals surface area contributed by atoms with E-state index in [1.54, 1.807) is 29.2 Å². The van der Waals surface area contributed by atoms with E-state index in [2.05, 4.69) is 25.3 Å². The van der Waals surface area contributed by atoms with Gasteiger partial charge in [0, 0.05) is 102 Å². The van der Waals surface area contributed by atoms with E-state index in [4.69, 9.17) is 4.74 Å². The number of nitrogens with one attached hydrogen (secondary N) is 2. The summed E-state index contributed by atoms with van der Waals surface area (Å²) in [5, 5.41) is 5.52. The molecule has 13 nitrogen and oxygen atoms in total. The van der Waals surface area contributed by atoms with Crippen LogP contribution in [0.4, 0.5) is 19.3 Å². The van der Waals surface area contributed by atoms with Crippen molar-refractivity contribution in [2.45, 2.75) is 92.6 Å². The molecule has 2 N–H and O–H groups in total. The van der Waals surface area contributed by atoms with Crippen molar-refractivity contribution in [2.75, 3.05) is 97.1 Å². The van der Waals surface area contributed by atoms with Gasteiger partial charge in [-0.1, -0.05) is 31.1 Å². The maximum absolute atomic E-state index is 15.0. The number of hydrogen-bond donors (Lipinski definition) is 2. The third-order valence-corrected chi connectivity index (χ3v) is 17.3. The summed E-state index contributed by atoms with van der Waals surface area (Å²) < 4.78 is 62.1. The molecule has 0 bridgehead atoms. The largest absolute Gasteiger partial charge is 0.453 e. The first-order valence-corrected chi connectivity index (χ1v) is 25.1. The number of methoxy groups -OCH3 is 1. The van der Waals surface area contributed by atoms with Gasteiger partial charge in [0.2, 0.25) is 11.8 Å². The lowest BCUT2D eigenvalue weighted by molar-refractivity contribution is -0.129. The van der Waals surface area contributed by atoms with Gasteiger partial charge in [0.05, 0.1) is 12.0 Å². The molecule has 3 atom stereocenters. The van der Waals surface area contributed by atoms with Crippen molar-refractivity contribution in [1.29, 1.82) is 0 Å². The Kier molecular flexibility index (Phi) is 14.6. The van der Waals surface area contributed by atoms with Crippen molar-refractivity contribution in [3.8, 4) is 0 Å². The number of alkyl carbamates (subject to hydrolysis) is 1. The monoisotopic (exact) mass is 907 g/mol. The molecule has 16 heteroatoms. The first-order chi connectivity index (χ1) is 30.8. The molecule has 6 fully saturated rings. The van der Waals surface area contributed by atoms with Gasteiger partial charge in [-0.05, 0) is 118 Å². The quantitative estimate of drug-likeness (QED) is 0.228. The van der Waals surface area contributed by atoms with E-state index in [0.717, 1.165) is 95.7 Å². The summed E-state index contributed by atoms with van der Waals surface area (Å²) in [6.45, 7) is 10.2. The molecule has 3 amide bonds. The molecule has 2 aromatic rings. The first-order valence-electron chi connectivity index (χ1n) is 23.6. The molecule has 350 valence electrons. The summed E-state index contributed by atoms with van der Waals surface area (Å²) in [7, 11) is -2.38. The summed E-state index contributed by atoms with van der Waals surface area (Å²) >= 11 is 0. The Balaban J connectivity index is 0.896. The number of halogens is 2. The molecule has 0 unspecified atom stereocenters. The van der Waals surface area contributed by atoms with Crippen molar-refractivity contribution in [3.05, 3.63) is 71.6 Å². The maximum Gasteiger partial charge on any atom is 0.407 e. The normalized spacial score (nSPS) is 24.5. The Morgan fingerprint density at radius 3 is 2.31 bits per heavy atom. The molecule has 6 aliphatic rings. The van der Waals surface area contributed by atoms with Gasteiger partial charge < -0.3 is 30.1 Å². The van der Waals surface area contributed by atoms with Gasteiger partial charge in [-0.15, -0.1) is 0 Å². The van der Waals surface area contributed by atoms with Crippen LogP contribution in [0.25, 0.3) is 0 Å². The fraction of sp³-hybridized carbons (Fsp3) is 0.646. The van der Waals surface area contributed by atoms with E-state index in [-0.39, 0.29) is 66.6 Å². The van der Waals surface area contributed by atoms with Crippen LogP contribution in [-0.4, -0.2) is 156 Å². The highest BCUT2D eigenvalue weighted by Gasteiger charge is 2.52. The molecule has 0 aromatic heterocycles. The molecule has 0 spiro atoms. The summed E-state index contributed by atoms with van der Waals surface area (Å²) in [4.78, 5) is 48.8. The highest BCUT2D eigenvalue weighted by molar-refractivity contribution is 7.92. The number of hydrogen-bond acceptors (Lipinski definition) is 10. The van der Waals surface area contributed by atoms with Crippen molar-refractivity contribution >= 4 is 33.4 Å². The van der Waals surface area contributed by atoms with Gasteiger partial charge in [0.15, 0.2) is 9.84 Å². The second kappa shape index (κ2) is 20.2. The molecule has 2 aromatic carbocycles. The minimum absolute atomic E-state index is 0.0307. The fourth-order valence-corrected chi connectivity index (χ4v) is 13.5. The molecule has 5 heterocycles. The molecular weight excluding hydrogens is 841 g/mol. The zero-order valence-corrected chi connectivity index (χ0v) is 38.4. The highest BCUT2D eigenvalue weighted by atomic mass is 32.2. The van der Waals surface area contributed by atoms with Crippen LogP contribution in [0.5, 0.6) is 0 Å². The van der Waals surface area contributed by atoms with Gasteiger partial charge in [-0.2, -0.15) is 0 Å². The van der Waals surface area contributed by atoms with Gasteiger partial charge >= 0.3 is 6.09 Å². The Morgan fingerprint density at radius 2 is 1.62 bits per heavy atom. The number of rotatable bonds is 16. The van der Waals surface area contributed by atoms with E-state index in [1.165, 1.54) is 39.4 Å². The Morgan fingerprint density at radius 1 is 0.875 bits per heavy atom. The zero-order chi connectivity index (χ0) is 45.0. The van der Waals surface area contributed by atoms with Crippen LogP contribution in [0, 0.1) is 23.6 Å². The number of likely N-dealkylation sites (tertiary alicyclic amines) is 4. The zero-order valence-electron chi connectivity index (χ0n) is 37.6. The Labute approximate surface area is 377 Å². The van der Waals surface area contributed by atoms with Gasteiger partial charge in [0.25, 0.3) is 0 Å². The second-order valence-corrected chi connectivity index (χ2v) is 21.5. The van der Waals surface area contributed by atoms with Crippen molar-refractivity contribution in [1.82, 2.24) is 30.2 Å². The Bertz CT molecular complexity index is 2110. The van der Waals surface area contributed by atoms with E-state index < -0.39 is 32.8 Å².